The molecule has 0 saturated carbocycles. The third-order valence-electron chi connectivity index (χ3n) is 4.62. The zero-order valence-corrected chi connectivity index (χ0v) is 16.1. The number of ether oxygens (including phenoxy) is 3. The van der Waals surface area contributed by atoms with E-state index in [1.807, 2.05) is 11.5 Å². The molecule has 0 unspecified atom stereocenters. The molecule has 1 fully saturated rings. The first kappa shape index (κ1) is 19.7. The second-order valence-electron chi connectivity index (χ2n) is 6.28. The van der Waals surface area contributed by atoms with E-state index in [4.69, 9.17) is 14.2 Å². The molecule has 1 saturated heterocycles. The Hall–Kier alpha value is -3.07. The van der Waals surface area contributed by atoms with Crippen molar-refractivity contribution in [3.63, 3.8) is 0 Å². The highest BCUT2D eigenvalue weighted by Gasteiger charge is 2.36. The summed E-state index contributed by atoms with van der Waals surface area (Å²) in [6, 6.07) is 4.58. The number of morpholine rings is 1. The lowest BCUT2D eigenvalue weighted by atomic mass is 9.98. The molecule has 0 spiro atoms. The van der Waals surface area contributed by atoms with Crippen molar-refractivity contribution in [2.75, 3.05) is 20.8 Å². The van der Waals surface area contributed by atoms with Gasteiger partial charge in [-0.2, -0.15) is 0 Å². The SMILES string of the molecule is CCn1cncc1CNC(=O)[C@H]1OCC(=O)N[C@@H]1c1ccc(OC)c(OC)c1. The Balaban J connectivity index is 1.78. The number of nitrogens with zero attached hydrogens (tertiary/aromatic N) is 2. The zero-order valence-electron chi connectivity index (χ0n) is 16.1. The van der Waals surface area contributed by atoms with E-state index in [2.05, 4.69) is 15.6 Å². The van der Waals surface area contributed by atoms with Gasteiger partial charge in [0.1, 0.15) is 6.61 Å². The lowest BCUT2D eigenvalue weighted by Crippen LogP contribution is -2.52. The Kier molecular flexibility index (Phi) is 6.15. The van der Waals surface area contributed by atoms with Crippen LogP contribution in [0.2, 0.25) is 0 Å². The fourth-order valence-corrected chi connectivity index (χ4v) is 3.14. The van der Waals surface area contributed by atoms with Crippen LogP contribution in [0.3, 0.4) is 0 Å². The highest BCUT2D eigenvalue weighted by molar-refractivity contribution is 5.86. The van der Waals surface area contributed by atoms with Gasteiger partial charge in [-0.15, -0.1) is 0 Å². The smallest absolute Gasteiger partial charge is 0.251 e. The first-order chi connectivity index (χ1) is 13.6. The molecule has 9 heteroatoms. The maximum atomic E-state index is 12.8. The van der Waals surface area contributed by atoms with E-state index >= 15 is 0 Å². The molecule has 2 amide bonds. The first-order valence-electron chi connectivity index (χ1n) is 8.97. The second-order valence-corrected chi connectivity index (χ2v) is 6.28. The topological polar surface area (TPSA) is 104 Å². The minimum atomic E-state index is -0.867. The third-order valence-corrected chi connectivity index (χ3v) is 4.62. The second kappa shape index (κ2) is 8.75. The molecule has 2 heterocycles. The normalized spacial score (nSPS) is 19.0. The standard InChI is InChI=1S/C19H24N4O5/c1-4-23-11-20-8-13(23)9-21-19(25)18-17(22-16(24)10-28-18)12-5-6-14(26-2)15(7-12)27-3/h5-8,11,17-18H,4,9-10H2,1-3H3,(H,21,25)(H,22,24)/t17-,18+/m1/s1. The van der Waals surface area contributed by atoms with Crippen LogP contribution in [0.25, 0.3) is 0 Å². The van der Waals surface area contributed by atoms with Crippen LogP contribution in [0.4, 0.5) is 0 Å². The van der Waals surface area contributed by atoms with E-state index in [0.29, 0.717) is 23.6 Å². The summed E-state index contributed by atoms with van der Waals surface area (Å²) in [5.41, 5.74) is 1.57. The summed E-state index contributed by atoms with van der Waals surface area (Å²) < 4.78 is 18.1. The molecule has 2 aromatic rings. The summed E-state index contributed by atoms with van der Waals surface area (Å²) in [7, 11) is 3.07. The van der Waals surface area contributed by atoms with E-state index in [-0.39, 0.29) is 18.4 Å². The average Bonchev–Trinajstić information content (AvgIpc) is 3.19. The van der Waals surface area contributed by atoms with Gasteiger partial charge in [-0.3, -0.25) is 9.59 Å². The third kappa shape index (κ3) is 4.09. The van der Waals surface area contributed by atoms with Gasteiger partial charge in [0.2, 0.25) is 5.91 Å². The minimum absolute atomic E-state index is 0.172. The Bertz CT molecular complexity index is 851. The molecule has 0 aliphatic carbocycles. The molecule has 2 atom stereocenters. The Morgan fingerprint density at radius 3 is 2.86 bits per heavy atom. The molecular formula is C19H24N4O5. The lowest BCUT2D eigenvalue weighted by Gasteiger charge is -2.32. The molecule has 150 valence electrons. The number of hydrogen-bond donors (Lipinski definition) is 2. The molecule has 1 aromatic heterocycles. The van der Waals surface area contributed by atoms with Crippen LogP contribution in [0.15, 0.2) is 30.7 Å². The van der Waals surface area contributed by atoms with Gasteiger partial charge in [-0.1, -0.05) is 6.07 Å². The number of hydrogen-bond acceptors (Lipinski definition) is 6. The summed E-state index contributed by atoms with van der Waals surface area (Å²) >= 11 is 0. The van der Waals surface area contributed by atoms with Crippen molar-refractivity contribution in [1.29, 1.82) is 0 Å². The van der Waals surface area contributed by atoms with Crippen LogP contribution in [0, 0.1) is 0 Å². The summed E-state index contributed by atoms with van der Waals surface area (Å²) in [6.07, 6.45) is 2.55. The van der Waals surface area contributed by atoms with E-state index in [1.54, 1.807) is 37.8 Å². The van der Waals surface area contributed by atoms with Gasteiger partial charge in [-0.05, 0) is 24.6 Å². The first-order valence-corrected chi connectivity index (χ1v) is 8.97. The molecule has 0 bridgehead atoms. The van der Waals surface area contributed by atoms with Gasteiger partial charge in [-0.25, -0.2) is 4.98 Å². The number of imidazole rings is 1. The lowest BCUT2D eigenvalue weighted by molar-refractivity contribution is -0.148. The molecule has 1 aromatic carbocycles. The van der Waals surface area contributed by atoms with Crippen molar-refractivity contribution in [3.05, 3.63) is 42.0 Å². The fraction of sp³-hybridized carbons (Fsp3) is 0.421. The predicted octanol–water partition coefficient (Wildman–Crippen LogP) is 0.793. The van der Waals surface area contributed by atoms with Gasteiger partial charge in [0.25, 0.3) is 5.91 Å². The van der Waals surface area contributed by atoms with Crippen molar-refractivity contribution in [3.8, 4) is 11.5 Å². The maximum absolute atomic E-state index is 12.8. The van der Waals surface area contributed by atoms with Gasteiger partial charge in [0, 0.05) is 12.7 Å². The highest BCUT2D eigenvalue weighted by Crippen LogP contribution is 2.32. The van der Waals surface area contributed by atoms with E-state index in [1.165, 1.54) is 7.11 Å². The Labute approximate surface area is 163 Å². The van der Waals surface area contributed by atoms with Crippen molar-refractivity contribution in [1.82, 2.24) is 20.2 Å². The monoisotopic (exact) mass is 388 g/mol. The van der Waals surface area contributed by atoms with Crippen LogP contribution in [0.5, 0.6) is 11.5 Å². The summed E-state index contributed by atoms with van der Waals surface area (Å²) in [5, 5.41) is 5.69. The Morgan fingerprint density at radius 2 is 2.14 bits per heavy atom. The average molecular weight is 388 g/mol. The van der Waals surface area contributed by atoms with Crippen molar-refractivity contribution >= 4 is 11.8 Å². The largest absolute Gasteiger partial charge is 0.493 e. The van der Waals surface area contributed by atoms with E-state index in [0.717, 1.165) is 12.2 Å². The molecule has 0 radical (unpaired) electrons. The molecule has 28 heavy (non-hydrogen) atoms. The van der Waals surface area contributed by atoms with Gasteiger partial charge < -0.3 is 29.4 Å². The van der Waals surface area contributed by atoms with Gasteiger partial charge in [0.05, 0.1) is 38.8 Å². The number of benzene rings is 1. The predicted molar refractivity (Wildman–Crippen MR) is 99.9 cm³/mol. The number of amides is 2. The molecule has 9 nitrogen and oxygen atoms in total. The summed E-state index contributed by atoms with van der Waals surface area (Å²) in [5.74, 6) is 0.463. The van der Waals surface area contributed by atoms with Crippen molar-refractivity contribution in [2.24, 2.45) is 0 Å². The number of methoxy groups -OCH3 is 2. The maximum Gasteiger partial charge on any atom is 0.251 e. The zero-order chi connectivity index (χ0) is 20.1. The summed E-state index contributed by atoms with van der Waals surface area (Å²) in [6.45, 7) is 2.91. The fourth-order valence-electron chi connectivity index (χ4n) is 3.14. The van der Waals surface area contributed by atoms with Crippen LogP contribution in [-0.4, -0.2) is 48.3 Å². The number of rotatable bonds is 7. The van der Waals surface area contributed by atoms with Crippen molar-refractivity contribution in [2.45, 2.75) is 32.2 Å². The molecule has 1 aliphatic heterocycles. The summed E-state index contributed by atoms with van der Waals surface area (Å²) in [4.78, 5) is 28.8. The molecule has 3 rings (SSSR count). The number of nitrogens with one attached hydrogen (secondary N) is 2. The highest BCUT2D eigenvalue weighted by atomic mass is 16.5. The van der Waals surface area contributed by atoms with E-state index < -0.39 is 12.1 Å². The van der Waals surface area contributed by atoms with E-state index in [9.17, 15) is 9.59 Å². The quantitative estimate of drug-likeness (QED) is 0.727. The van der Waals surface area contributed by atoms with Crippen LogP contribution < -0.4 is 20.1 Å². The van der Waals surface area contributed by atoms with Crippen LogP contribution in [0.1, 0.15) is 24.2 Å². The van der Waals surface area contributed by atoms with Crippen molar-refractivity contribution < 1.29 is 23.8 Å². The number of carbonyl (C=O) groups is 2. The number of aromatic nitrogens is 2. The molecule has 2 N–H and O–H groups in total. The van der Waals surface area contributed by atoms with Gasteiger partial charge in [0.15, 0.2) is 17.6 Å². The Morgan fingerprint density at radius 1 is 1.36 bits per heavy atom. The number of carbonyl (C=O) groups excluding carboxylic acids is 2. The van der Waals surface area contributed by atoms with Crippen LogP contribution in [-0.2, 0) is 27.4 Å². The minimum Gasteiger partial charge on any atom is -0.493 e. The number of aryl methyl sites for hydroxylation is 1. The molecular weight excluding hydrogens is 364 g/mol. The van der Waals surface area contributed by atoms with Gasteiger partial charge >= 0.3 is 0 Å². The van der Waals surface area contributed by atoms with Crippen LogP contribution >= 0.6 is 0 Å². The molecule has 1 aliphatic rings.